The molecule has 39 heavy (non-hydrogen) atoms. The largest absolute Gasteiger partial charge is 0.484 e. The molecule has 7 heteroatoms. The minimum atomic E-state index is -0.246. The third-order valence-corrected chi connectivity index (χ3v) is 7.09. The normalized spacial score (nSPS) is 15.1. The van der Waals surface area contributed by atoms with Crippen molar-refractivity contribution in [2.45, 2.75) is 13.8 Å². The Morgan fingerprint density at radius 1 is 0.897 bits per heavy atom. The van der Waals surface area contributed by atoms with Crippen molar-refractivity contribution in [1.29, 1.82) is 0 Å². The van der Waals surface area contributed by atoms with Crippen LogP contribution in [0.15, 0.2) is 113 Å². The number of aryl methyl sites for hydroxylation is 2. The summed E-state index contributed by atoms with van der Waals surface area (Å²) in [5.74, 6) is 0.136. The Hall–Kier alpha value is -4.62. The summed E-state index contributed by atoms with van der Waals surface area (Å²) in [5.41, 5.74) is 5.31. The third kappa shape index (κ3) is 6.45. The van der Waals surface area contributed by atoms with Crippen LogP contribution in [0.4, 0.5) is 17.1 Å². The fourth-order valence-corrected chi connectivity index (χ4v) is 4.98. The van der Waals surface area contributed by atoms with Crippen LogP contribution in [0.25, 0.3) is 6.08 Å². The van der Waals surface area contributed by atoms with Crippen molar-refractivity contribution >= 4 is 51.9 Å². The van der Waals surface area contributed by atoms with E-state index in [9.17, 15) is 9.59 Å². The van der Waals surface area contributed by atoms with E-state index in [-0.39, 0.29) is 18.4 Å². The summed E-state index contributed by atoms with van der Waals surface area (Å²) in [7, 11) is 0. The maximum absolute atomic E-state index is 13.5. The molecule has 0 bridgehead atoms. The summed E-state index contributed by atoms with van der Waals surface area (Å²) in [4.78, 5) is 32.8. The van der Waals surface area contributed by atoms with Gasteiger partial charge in [0.05, 0.1) is 16.3 Å². The van der Waals surface area contributed by atoms with Gasteiger partial charge in [0, 0.05) is 5.69 Å². The van der Waals surface area contributed by atoms with E-state index in [1.54, 1.807) is 11.0 Å². The first-order chi connectivity index (χ1) is 19.0. The average molecular weight is 534 g/mol. The van der Waals surface area contributed by atoms with Gasteiger partial charge in [0.2, 0.25) is 0 Å². The molecule has 0 atom stereocenters. The number of aliphatic imine (C=N–C) groups is 1. The molecule has 1 aliphatic heterocycles. The number of para-hydroxylation sites is 2. The van der Waals surface area contributed by atoms with Crippen LogP contribution < -0.4 is 15.0 Å². The molecule has 0 aliphatic carbocycles. The van der Waals surface area contributed by atoms with Crippen molar-refractivity contribution in [3.8, 4) is 5.75 Å². The molecule has 194 valence electrons. The summed E-state index contributed by atoms with van der Waals surface area (Å²) in [6.07, 6.45) is 1.82. The molecular weight excluding hydrogens is 506 g/mol. The van der Waals surface area contributed by atoms with Gasteiger partial charge in [-0.05, 0) is 96.9 Å². The smallest absolute Gasteiger partial charge is 0.271 e. The van der Waals surface area contributed by atoms with E-state index in [0.717, 1.165) is 28.2 Å². The molecule has 1 saturated heterocycles. The molecule has 0 radical (unpaired) electrons. The third-order valence-electron chi connectivity index (χ3n) is 6.12. The van der Waals surface area contributed by atoms with E-state index in [4.69, 9.17) is 9.73 Å². The molecule has 4 aromatic carbocycles. The Morgan fingerprint density at radius 3 is 2.38 bits per heavy atom. The Balaban J connectivity index is 1.32. The number of ether oxygens (including phenoxy) is 1. The Morgan fingerprint density at radius 2 is 1.64 bits per heavy atom. The number of hydrogen-bond donors (Lipinski definition) is 1. The number of benzene rings is 4. The molecule has 0 unspecified atom stereocenters. The zero-order chi connectivity index (χ0) is 27.2. The fraction of sp³-hybridized carbons (Fsp3) is 0.0938. The number of nitrogens with zero attached hydrogens (tertiary/aromatic N) is 2. The molecule has 6 nitrogen and oxygen atoms in total. The van der Waals surface area contributed by atoms with Crippen LogP contribution in [-0.2, 0) is 9.59 Å². The lowest BCUT2D eigenvalue weighted by molar-refractivity contribution is -0.118. The van der Waals surface area contributed by atoms with Crippen LogP contribution in [0.1, 0.15) is 16.7 Å². The first kappa shape index (κ1) is 26.0. The van der Waals surface area contributed by atoms with Crippen LogP contribution >= 0.6 is 11.8 Å². The van der Waals surface area contributed by atoms with Crippen molar-refractivity contribution in [3.05, 3.63) is 125 Å². The number of hydrogen-bond acceptors (Lipinski definition) is 5. The summed E-state index contributed by atoms with van der Waals surface area (Å²) in [6, 6.07) is 32.1. The number of amides is 2. The van der Waals surface area contributed by atoms with Crippen LogP contribution in [0.3, 0.4) is 0 Å². The van der Waals surface area contributed by atoms with Crippen molar-refractivity contribution in [2.24, 2.45) is 4.99 Å². The number of nitrogens with one attached hydrogen (secondary N) is 1. The highest BCUT2D eigenvalue weighted by molar-refractivity contribution is 8.19. The van der Waals surface area contributed by atoms with Crippen LogP contribution in [0.5, 0.6) is 5.75 Å². The van der Waals surface area contributed by atoms with Gasteiger partial charge in [-0.3, -0.25) is 14.5 Å². The molecule has 0 spiro atoms. The lowest BCUT2D eigenvalue weighted by Gasteiger charge is -2.15. The average Bonchev–Trinajstić information content (AvgIpc) is 3.24. The van der Waals surface area contributed by atoms with E-state index in [2.05, 4.69) is 5.32 Å². The van der Waals surface area contributed by atoms with Crippen molar-refractivity contribution < 1.29 is 14.3 Å². The van der Waals surface area contributed by atoms with E-state index in [0.29, 0.717) is 15.8 Å². The molecular formula is C32H27N3O3S. The molecule has 5 rings (SSSR count). The fourth-order valence-electron chi connectivity index (χ4n) is 3.98. The number of thioether (sulfide) groups is 1. The van der Waals surface area contributed by atoms with Gasteiger partial charge in [-0.25, -0.2) is 4.99 Å². The molecule has 1 fully saturated rings. The van der Waals surface area contributed by atoms with Crippen LogP contribution in [-0.4, -0.2) is 23.6 Å². The predicted octanol–water partition coefficient (Wildman–Crippen LogP) is 7.13. The van der Waals surface area contributed by atoms with Gasteiger partial charge >= 0.3 is 0 Å². The molecule has 2 amide bonds. The molecule has 0 saturated carbocycles. The van der Waals surface area contributed by atoms with E-state index in [1.807, 2.05) is 117 Å². The lowest BCUT2D eigenvalue weighted by Crippen LogP contribution is -2.28. The molecule has 1 N–H and O–H groups in total. The monoisotopic (exact) mass is 533 g/mol. The zero-order valence-corrected chi connectivity index (χ0v) is 22.4. The second-order valence-electron chi connectivity index (χ2n) is 9.03. The molecule has 1 heterocycles. The number of amidine groups is 1. The first-order valence-electron chi connectivity index (χ1n) is 12.5. The highest BCUT2D eigenvalue weighted by atomic mass is 32.2. The topological polar surface area (TPSA) is 71.0 Å². The highest BCUT2D eigenvalue weighted by Gasteiger charge is 2.34. The van der Waals surface area contributed by atoms with Gasteiger partial charge in [-0.15, -0.1) is 0 Å². The summed E-state index contributed by atoms with van der Waals surface area (Å²) in [5, 5.41) is 3.44. The van der Waals surface area contributed by atoms with Gasteiger partial charge in [-0.2, -0.15) is 0 Å². The summed E-state index contributed by atoms with van der Waals surface area (Å²) >= 11 is 1.32. The second kappa shape index (κ2) is 11.8. The maximum Gasteiger partial charge on any atom is 0.271 e. The standard InChI is InChI=1S/C32H27N3O3S/c1-22-16-17-26(18-23(22)2)33-30(36)21-38-28-15-9-10-24(19-28)20-29-31(37)35(27-13-7-4-8-14-27)32(39-29)34-25-11-5-3-6-12-25/h3-20H,21H2,1-2H3,(H,33,36)/b29-20-,34-32?. The maximum atomic E-state index is 13.5. The molecule has 0 aromatic heterocycles. The minimum Gasteiger partial charge on any atom is -0.484 e. The minimum absolute atomic E-state index is 0.129. The van der Waals surface area contributed by atoms with E-state index in [1.165, 1.54) is 17.3 Å². The van der Waals surface area contributed by atoms with Crippen molar-refractivity contribution in [2.75, 3.05) is 16.8 Å². The highest BCUT2D eigenvalue weighted by Crippen LogP contribution is 2.37. The van der Waals surface area contributed by atoms with Gasteiger partial charge < -0.3 is 10.1 Å². The van der Waals surface area contributed by atoms with E-state index < -0.39 is 0 Å². The van der Waals surface area contributed by atoms with Gasteiger partial charge in [0.1, 0.15) is 5.75 Å². The lowest BCUT2D eigenvalue weighted by atomic mass is 10.1. The predicted molar refractivity (Wildman–Crippen MR) is 160 cm³/mol. The number of carbonyl (C=O) groups is 2. The van der Waals surface area contributed by atoms with Crippen LogP contribution in [0.2, 0.25) is 0 Å². The van der Waals surface area contributed by atoms with Crippen LogP contribution in [0, 0.1) is 13.8 Å². The molecule has 4 aromatic rings. The van der Waals surface area contributed by atoms with Gasteiger partial charge in [0.25, 0.3) is 11.8 Å². The van der Waals surface area contributed by atoms with E-state index >= 15 is 0 Å². The Labute approximate surface area is 232 Å². The summed E-state index contributed by atoms with van der Waals surface area (Å²) < 4.78 is 5.75. The number of anilines is 2. The molecule has 1 aliphatic rings. The zero-order valence-electron chi connectivity index (χ0n) is 21.6. The van der Waals surface area contributed by atoms with Gasteiger partial charge in [-0.1, -0.05) is 54.6 Å². The number of rotatable bonds is 7. The SMILES string of the molecule is Cc1ccc(NC(=O)COc2cccc(/C=C3\SC(=Nc4ccccc4)N(c4ccccc4)C3=O)c2)cc1C. The Bertz CT molecular complexity index is 1570. The number of carbonyl (C=O) groups excluding carboxylic acids is 2. The second-order valence-corrected chi connectivity index (χ2v) is 10.0. The van der Waals surface area contributed by atoms with Crippen molar-refractivity contribution in [1.82, 2.24) is 0 Å². The van der Waals surface area contributed by atoms with Crippen molar-refractivity contribution in [3.63, 3.8) is 0 Å². The quantitative estimate of drug-likeness (QED) is 0.257. The van der Waals surface area contributed by atoms with Gasteiger partial charge in [0.15, 0.2) is 11.8 Å². The first-order valence-corrected chi connectivity index (χ1v) is 13.3. The Kier molecular flexibility index (Phi) is 7.89. The summed E-state index contributed by atoms with van der Waals surface area (Å²) in [6.45, 7) is 3.90.